The zero-order chi connectivity index (χ0) is 19.4. The predicted octanol–water partition coefficient (Wildman–Crippen LogP) is 4.47. The van der Waals surface area contributed by atoms with Crippen LogP contribution in [0.25, 0.3) is 0 Å². The average molecular weight is 376 g/mol. The molecule has 0 amide bonds. The Morgan fingerprint density at radius 1 is 1.11 bits per heavy atom. The number of nitrogens with zero attached hydrogens (tertiary/aromatic N) is 3. The summed E-state index contributed by atoms with van der Waals surface area (Å²) in [5, 5.41) is 18.0. The molecule has 140 valence electrons. The molecular formula is C18H15F3N4O2. The van der Waals surface area contributed by atoms with E-state index in [9.17, 15) is 23.3 Å². The Morgan fingerprint density at radius 3 is 2.41 bits per heavy atom. The van der Waals surface area contributed by atoms with E-state index in [0.29, 0.717) is 12.6 Å². The van der Waals surface area contributed by atoms with Crippen molar-refractivity contribution in [2.24, 2.45) is 0 Å². The van der Waals surface area contributed by atoms with Gasteiger partial charge in [-0.3, -0.25) is 14.8 Å². The van der Waals surface area contributed by atoms with Crippen molar-refractivity contribution in [3.8, 4) is 0 Å². The summed E-state index contributed by atoms with van der Waals surface area (Å²) in [4.78, 5) is 10.3. The Kier molecular flexibility index (Phi) is 5.11. The SMILES string of the molecule is O=[N+]([O-])c1cc(C(F)(F)F)ccc1NCc1ccc(Cn2cccn2)cc1. The zero-order valence-corrected chi connectivity index (χ0v) is 14.0. The molecule has 27 heavy (non-hydrogen) atoms. The van der Waals surface area contributed by atoms with E-state index < -0.39 is 22.4 Å². The normalized spacial score (nSPS) is 11.4. The number of aromatic nitrogens is 2. The molecule has 0 aliphatic carbocycles. The quantitative estimate of drug-likeness (QED) is 0.509. The Morgan fingerprint density at radius 2 is 1.81 bits per heavy atom. The van der Waals surface area contributed by atoms with Crippen molar-refractivity contribution in [3.63, 3.8) is 0 Å². The van der Waals surface area contributed by atoms with Gasteiger partial charge in [-0.15, -0.1) is 0 Å². The summed E-state index contributed by atoms with van der Waals surface area (Å²) in [5.74, 6) is 0. The average Bonchev–Trinajstić information content (AvgIpc) is 3.13. The van der Waals surface area contributed by atoms with E-state index in [1.807, 2.05) is 36.5 Å². The fraction of sp³-hybridized carbons (Fsp3) is 0.167. The smallest absolute Gasteiger partial charge is 0.375 e. The maximum Gasteiger partial charge on any atom is 0.416 e. The number of halogens is 3. The van der Waals surface area contributed by atoms with Gasteiger partial charge in [-0.25, -0.2) is 0 Å². The minimum Gasteiger partial charge on any atom is -0.375 e. The number of alkyl halides is 3. The third-order valence-corrected chi connectivity index (χ3v) is 3.93. The molecule has 0 aliphatic rings. The van der Waals surface area contributed by atoms with Crippen LogP contribution in [0, 0.1) is 10.1 Å². The van der Waals surface area contributed by atoms with Crippen molar-refractivity contribution in [3.05, 3.63) is 87.7 Å². The maximum atomic E-state index is 12.7. The molecule has 0 saturated heterocycles. The lowest BCUT2D eigenvalue weighted by Gasteiger charge is -2.11. The molecule has 1 heterocycles. The summed E-state index contributed by atoms with van der Waals surface area (Å²) in [6.07, 6.45) is -1.10. The van der Waals surface area contributed by atoms with E-state index in [1.165, 1.54) is 0 Å². The number of nitrogens with one attached hydrogen (secondary N) is 1. The molecule has 0 bridgehead atoms. The summed E-state index contributed by atoms with van der Waals surface area (Å²) < 4.78 is 40.0. The molecular weight excluding hydrogens is 361 g/mol. The van der Waals surface area contributed by atoms with Crippen molar-refractivity contribution >= 4 is 11.4 Å². The van der Waals surface area contributed by atoms with E-state index in [-0.39, 0.29) is 12.2 Å². The number of hydrogen-bond acceptors (Lipinski definition) is 4. The molecule has 9 heteroatoms. The maximum absolute atomic E-state index is 12.7. The van der Waals surface area contributed by atoms with Gasteiger partial charge in [-0.2, -0.15) is 18.3 Å². The van der Waals surface area contributed by atoms with E-state index in [4.69, 9.17) is 0 Å². The van der Waals surface area contributed by atoms with Gasteiger partial charge in [-0.05, 0) is 29.3 Å². The van der Waals surface area contributed by atoms with Gasteiger partial charge in [0.05, 0.1) is 17.0 Å². The predicted molar refractivity (Wildman–Crippen MR) is 93.2 cm³/mol. The van der Waals surface area contributed by atoms with Crippen LogP contribution in [-0.4, -0.2) is 14.7 Å². The Balaban J connectivity index is 1.70. The summed E-state index contributed by atoms with van der Waals surface area (Å²) in [6.45, 7) is 0.860. The van der Waals surface area contributed by atoms with Gasteiger partial charge in [0.1, 0.15) is 5.69 Å². The highest BCUT2D eigenvalue weighted by Gasteiger charge is 2.33. The van der Waals surface area contributed by atoms with Crippen molar-refractivity contribution in [1.82, 2.24) is 9.78 Å². The number of nitro benzene ring substituents is 1. The molecule has 0 aliphatic heterocycles. The van der Waals surface area contributed by atoms with Crippen LogP contribution < -0.4 is 5.32 Å². The number of nitro groups is 1. The van der Waals surface area contributed by atoms with Crippen LogP contribution in [0.1, 0.15) is 16.7 Å². The Hall–Kier alpha value is -3.36. The topological polar surface area (TPSA) is 73.0 Å². The van der Waals surface area contributed by atoms with Crippen LogP contribution in [-0.2, 0) is 19.3 Å². The number of anilines is 1. The molecule has 0 atom stereocenters. The van der Waals surface area contributed by atoms with E-state index in [2.05, 4.69) is 10.4 Å². The molecule has 0 unspecified atom stereocenters. The van der Waals surface area contributed by atoms with E-state index >= 15 is 0 Å². The van der Waals surface area contributed by atoms with Gasteiger partial charge in [0, 0.05) is 25.0 Å². The molecule has 0 spiro atoms. The molecule has 6 nitrogen and oxygen atoms in total. The Bertz CT molecular complexity index is 923. The third kappa shape index (κ3) is 4.63. The van der Waals surface area contributed by atoms with Crippen molar-refractivity contribution in [2.45, 2.75) is 19.3 Å². The fourth-order valence-electron chi connectivity index (χ4n) is 2.55. The van der Waals surface area contributed by atoms with Gasteiger partial charge in [0.15, 0.2) is 0 Å². The minimum absolute atomic E-state index is 0.0358. The highest BCUT2D eigenvalue weighted by atomic mass is 19.4. The molecule has 1 aromatic heterocycles. The summed E-state index contributed by atoms with van der Waals surface area (Å²) >= 11 is 0. The summed E-state index contributed by atoms with van der Waals surface area (Å²) in [5.41, 5.74) is 0.243. The van der Waals surface area contributed by atoms with Crippen LogP contribution in [0.3, 0.4) is 0 Å². The molecule has 0 saturated carbocycles. The summed E-state index contributed by atoms with van der Waals surface area (Å²) in [7, 11) is 0. The van der Waals surface area contributed by atoms with Crippen LogP contribution in [0.5, 0.6) is 0 Å². The standard InChI is InChI=1S/C18H15F3N4O2/c19-18(20,21)15-6-7-16(17(10-15)25(26)27)22-11-13-2-4-14(5-3-13)12-24-9-1-8-23-24/h1-10,22H,11-12H2. The molecule has 3 aromatic rings. The van der Waals surface area contributed by atoms with Crippen molar-refractivity contribution in [1.29, 1.82) is 0 Å². The fourth-order valence-corrected chi connectivity index (χ4v) is 2.55. The highest BCUT2D eigenvalue weighted by molar-refractivity contribution is 5.63. The number of rotatable bonds is 6. The first kappa shape index (κ1) is 18.4. The second-order valence-electron chi connectivity index (χ2n) is 5.86. The second-order valence-corrected chi connectivity index (χ2v) is 5.86. The van der Waals surface area contributed by atoms with Crippen molar-refractivity contribution in [2.75, 3.05) is 5.32 Å². The number of benzene rings is 2. The van der Waals surface area contributed by atoms with Gasteiger partial charge >= 0.3 is 6.18 Å². The molecule has 1 N–H and O–H groups in total. The minimum atomic E-state index is -4.63. The van der Waals surface area contributed by atoms with Crippen LogP contribution in [0.15, 0.2) is 60.9 Å². The van der Waals surface area contributed by atoms with Gasteiger partial charge in [0.2, 0.25) is 0 Å². The van der Waals surface area contributed by atoms with Crippen LogP contribution >= 0.6 is 0 Å². The molecule has 3 rings (SSSR count). The lowest BCUT2D eigenvalue weighted by atomic mass is 10.1. The van der Waals surface area contributed by atoms with Crippen LogP contribution in [0.2, 0.25) is 0 Å². The molecule has 2 aromatic carbocycles. The third-order valence-electron chi connectivity index (χ3n) is 3.93. The van der Waals surface area contributed by atoms with E-state index in [0.717, 1.165) is 23.3 Å². The van der Waals surface area contributed by atoms with Gasteiger partial charge in [-0.1, -0.05) is 24.3 Å². The lowest BCUT2D eigenvalue weighted by molar-refractivity contribution is -0.384. The number of hydrogen-bond donors (Lipinski definition) is 1. The van der Waals surface area contributed by atoms with E-state index in [1.54, 1.807) is 10.9 Å². The zero-order valence-electron chi connectivity index (χ0n) is 14.0. The van der Waals surface area contributed by atoms with Gasteiger partial charge < -0.3 is 5.32 Å². The molecule has 0 fully saturated rings. The van der Waals surface area contributed by atoms with Crippen LogP contribution in [0.4, 0.5) is 24.5 Å². The highest BCUT2D eigenvalue weighted by Crippen LogP contribution is 2.35. The first-order chi connectivity index (χ1) is 12.8. The molecule has 0 radical (unpaired) electrons. The first-order valence-electron chi connectivity index (χ1n) is 7.98. The first-order valence-corrected chi connectivity index (χ1v) is 7.98. The second kappa shape index (κ2) is 7.48. The largest absolute Gasteiger partial charge is 0.416 e. The van der Waals surface area contributed by atoms with Crippen molar-refractivity contribution < 1.29 is 18.1 Å². The lowest BCUT2D eigenvalue weighted by Crippen LogP contribution is -2.08. The summed E-state index contributed by atoms with van der Waals surface area (Å²) in [6, 6.07) is 11.8. The Labute approximate surface area is 152 Å². The monoisotopic (exact) mass is 376 g/mol. The van der Waals surface area contributed by atoms with Gasteiger partial charge in [0.25, 0.3) is 5.69 Å².